The Bertz CT molecular complexity index is 1100. The van der Waals surface area contributed by atoms with Crippen LogP contribution in [0.1, 0.15) is 54.7 Å². The molecule has 1 N–H and O–H groups in total. The maximum Gasteiger partial charge on any atom is 0.358 e. The number of ether oxygens (including phenoxy) is 4. The first-order valence-electron chi connectivity index (χ1n) is 11.9. The predicted molar refractivity (Wildman–Crippen MR) is 135 cm³/mol. The fourth-order valence-electron chi connectivity index (χ4n) is 3.35. The van der Waals surface area contributed by atoms with Gasteiger partial charge in [0.15, 0.2) is 13.0 Å². The summed E-state index contributed by atoms with van der Waals surface area (Å²) in [6.45, 7) is 12.3. The predicted octanol–water partition coefficient (Wildman–Crippen LogP) is 3.39. The zero-order valence-corrected chi connectivity index (χ0v) is 23.6. The first-order valence-corrected chi connectivity index (χ1v) is 13.5. The number of carbonyl (C=O) groups excluding carboxylic acids is 1. The number of esters is 1. The molecule has 13 heteroatoms. The van der Waals surface area contributed by atoms with Crippen molar-refractivity contribution in [1.82, 2.24) is 9.55 Å². The molecule has 210 valence electrons. The molecule has 1 fully saturated rings. The van der Waals surface area contributed by atoms with Crippen LogP contribution in [0.4, 0.5) is 0 Å². The van der Waals surface area contributed by atoms with E-state index < -0.39 is 55.5 Å². The van der Waals surface area contributed by atoms with Crippen molar-refractivity contribution < 1.29 is 37.4 Å². The number of hydrogen-bond donors (Lipinski definition) is 1. The van der Waals surface area contributed by atoms with Crippen LogP contribution in [0.3, 0.4) is 0 Å². The SMILES string of the molecule is CO[C@H]1C(C)[C@@H](/C=C/P(=O)(OCOCC(C)(C)C)OCOC(=O)C(C)(C)C)O[C@H]1n1ccc(=O)[nH]c1=O. The van der Waals surface area contributed by atoms with Gasteiger partial charge in [-0.15, -0.1) is 0 Å². The minimum atomic E-state index is -3.94. The van der Waals surface area contributed by atoms with E-state index in [9.17, 15) is 18.9 Å². The van der Waals surface area contributed by atoms with Crippen molar-refractivity contribution in [1.29, 1.82) is 0 Å². The number of aromatic amines is 1. The van der Waals surface area contributed by atoms with Gasteiger partial charge in [-0.05, 0) is 32.3 Å². The van der Waals surface area contributed by atoms with Gasteiger partial charge in [0, 0.05) is 31.1 Å². The first-order chi connectivity index (χ1) is 17.1. The summed E-state index contributed by atoms with van der Waals surface area (Å²) in [7, 11) is -2.46. The minimum Gasteiger partial charge on any atom is -0.438 e. The van der Waals surface area contributed by atoms with Gasteiger partial charge in [0.1, 0.15) is 6.10 Å². The van der Waals surface area contributed by atoms with Crippen LogP contribution in [-0.2, 0) is 37.4 Å². The summed E-state index contributed by atoms with van der Waals surface area (Å²) in [6, 6.07) is 1.21. The van der Waals surface area contributed by atoms with Crippen molar-refractivity contribution in [2.45, 2.75) is 66.9 Å². The molecule has 1 aromatic heterocycles. The molecule has 12 nitrogen and oxygen atoms in total. The molecule has 0 bridgehead atoms. The van der Waals surface area contributed by atoms with Crippen LogP contribution in [0.5, 0.6) is 0 Å². The Morgan fingerprint density at radius 3 is 2.38 bits per heavy atom. The summed E-state index contributed by atoms with van der Waals surface area (Å²) in [5.74, 6) is 0.399. The quantitative estimate of drug-likeness (QED) is 0.190. The molecule has 0 spiro atoms. The van der Waals surface area contributed by atoms with E-state index in [0.29, 0.717) is 6.61 Å². The van der Waals surface area contributed by atoms with Crippen molar-refractivity contribution in [3.63, 3.8) is 0 Å². The zero-order valence-electron chi connectivity index (χ0n) is 22.7. The molecular formula is C24H39N2O10P. The molecule has 1 saturated heterocycles. The molecule has 0 saturated carbocycles. The Hall–Kier alpha value is -2.08. The molecule has 2 unspecified atom stereocenters. The summed E-state index contributed by atoms with van der Waals surface area (Å²) in [4.78, 5) is 38.0. The van der Waals surface area contributed by atoms with E-state index in [1.807, 2.05) is 27.7 Å². The number of hydrogen-bond acceptors (Lipinski definition) is 10. The Morgan fingerprint density at radius 2 is 1.81 bits per heavy atom. The van der Waals surface area contributed by atoms with Crippen molar-refractivity contribution in [3.05, 3.63) is 45.0 Å². The number of nitrogens with one attached hydrogen (secondary N) is 1. The van der Waals surface area contributed by atoms with Gasteiger partial charge in [0.2, 0.25) is 6.79 Å². The van der Waals surface area contributed by atoms with Crippen LogP contribution in [0.25, 0.3) is 0 Å². The summed E-state index contributed by atoms with van der Waals surface area (Å²) in [5.41, 5.74) is -2.08. The van der Waals surface area contributed by atoms with Gasteiger partial charge in [-0.3, -0.25) is 32.8 Å². The van der Waals surface area contributed by atoms with Gasteiger partial charge in [-0.2, -0.15) is 0 Å². The lowest BCUT2D eigenvalue weighted by atomic mass is 9.98. The maximum atomic E-state index is 13.4. The second-order valence-electron chi connectivity index (χ2n) is 11.0. The maximum absolute atomic E-state index is 13.4. The lowest BCUT2D eigenvalue weighted by Gasteiger charge is -2.21. The van der Waals surface area contributed by atoms with Gasteiger partial charge in [-0.1, -0.05) is 27.7 Å². The first kappa shape index (κ1) is 31.1. The van der Waals surface area contributed by atoms with E-state index in [2.05, 4.69) is 4.98 Å². The van der Waals surface area contributed by atoms with Gasteiger partial charge in [0.25, 0.3) is 5.56 Å². The Balaban J connectivity index is 2.19. The largest absolute Gasteiger partial charge is 0.438 e. The highest BCUT2D eigenvalue weighted by atomic mass is 31.2. The smallest absolute Gasteiger partial charge is 0.358 e. The van der Waals surface area contributed by atoms with Crippen LogP contribution in [0.15, 0.2) is 33.7 Å². The number of nitrogens with zero attached hydrogens (tertiary/aromatic N) is 1. The van der Waals surface area contributed by atoms with Crippen molar-refractivity contribution in [2.75, 3.05) is 27.3 Å². The molecule has 0 aromatic carbocycles. The zero-order chi connectivity index (χ0) is 28.0. The molecule has 2 rings (SSSR count). The standard InChI is InChI=1S/C24H39N2O10P/c1-16-17(36-20(19(16)31-8)26-11-9-18(27)25-22(26)29)10-12-37(30,34-14-32-13-23(2,3)4)35-15-33-21(28)24(5,6)7/h9-12,16-17,19-20H,13-15H2,1-8H3,(H,25,27,29)/b12-10+/t16?,17-,19+,20-,37?/m1/s1. The normalized spacial score (nSPS) is 24.3. The third-order valence-electron chi connectivity index (χ3n) is 5.36. The van der Waals surface area contributed by atoms with E-state index in [1.54, 1.807) is 20.8 Å². The lowest BCUT2D eigenvalue weighted by Crippen LogP contribution is -2.36. The third-order valence-corrected chi connectivity index (χ3v) is 6.82. The molecule has 1 aromatic rings. The summed E-state index contributed by atoms with van der Waals surface area (Å²) in [5, 5.41) is 0. The van der Waals surface area contributed by atoms with Crippen LogP contribution < -0.4 is 11.2 Å². The monoisotopic (exact) mass is 546 g/mol. The van der Waals surface area contributed by atoms with E-state index in [-0.39, 0.29) is 18.1 Å². The van der Waals surface area contributed by atoms with E-state index in [4.69, 9.17) is 28.0 Å². The Morgan fingerprint density at radius 1 is 1.16 bits per heavy atom. The lowest BCUT2D eigenvalue weighted by molar-refractivity contribution is -0.160. The fourth-order valence-corrected chi connectivity index (χ4v) is 4.40. The van der Waals surface area contributed by atoms with Gasteiger partial charge in [-0.25, -0.2) is 4.79 Å². The highest BCUT2D eigenvalue weighted by molar-refractivity contribution is 7.57. The number of H-pyrrole nitrogens is 1. The van der Waals surface area contributed by atoms with Gasteiger partial charge < -0.3 is 18.9 Å². The summed E-state index contributed by atoms with van der Waals surface area (Å²) < 4.78 is 47.6. The third kappa shape index (κ3) is 9.31. The number of aromatic nitrogens is 2. The topological polar surface area (TPSA) is 144 Å². The molecular weight excluding hydrogens is 507 g/mol. The Labute approximate surface area is 216 Å². The summed E-state index contributed by atoms with van der Waals surface area (Å²) in [6.07, 6.45) is 0.764. The Kier molecular flexibility index (Phi) is 10.6. The minimum absolute atomic E-state index is 0.136. The average Bonchev–Trinajstić information content (AvgIpc) is 3.09. The van der Waals surface area contributed by atoms with Crippen molar-refractivity contribution in [2.24, 2.45) is 16.7 Å². The van der Waals surface area contributed by atoms with E-state index >= 15 is 0 Å². The molecule has 2 heterocycles. The average molecular weight is 547 g/mol. The molecule has 0 amide bonds. The van der Waals surface area contributed by atoms with Gasteiger partial charge >= 0.3 is 19.3 Å². The van der Waals surface area contributed by atoms with E-state index in [1.165, 1.54) is 35.8 Å². The van der Waals surface area contributed by atoms with E-state index in [0.717, 1.165) is 0 Å². The second-order valence-corrected chi connectivity index (χ2v) is 12.9. The van der Waals surface area contributed by atoms with Crippen LogP contribution in [-0.4, -0.2) is 55.0 Å². The number of methoxy groups -OCH3 is 1. The van der Waals surface area contributed by atoms with Crippen LogP contribution in [0.2, 0.25) is 0 Å². The molecule has 1 aliphatic rings. The van der Waals surface area contributed by atoms with Crippen molar-refractivity contribution in [3.8, 4) is 0 Å². The van der Waals surface area contributed by atoms with Crippen LogP contribution in [0, 0.1) is 16.7 Å². The highest BCUT2D eigenvalue weighted by Crippen LogP contribution is 2.51. The van der Waals surface area contributed by atoms with Crippen molar-refractivity contribution >= 4 is 13.6 Å². The fraction of sp³-hybridized carbons (Fsp3) is 0.708. The molecule has 37 heavy (non-hydrogen) atoms. The number of rotatable bonds is 11. The molecule has 5 atom stereocenters. The van der Waals surface area contributed by atoms with Crippen LogP contribution >= 0.6 is 7.60 Å². The van der Waals surface area contributed by atoms with Gasteiger partial charge in [0.05, 0.1) is 18.1 Å². The molecule has 0 aliphatic carbocycles. The number of carbonyl (C=O) groups is 1. The molecule has 1 aliphatic heterocycles. The highest BCUT2D eigenvalue weighted by Gasteiger charge is 2.43. The summed E-state index contributed by atoms with van der Waals surface area (Å²) >= 11 is 0. The second kappa shape index (κ2) is 12.6. The molecule has 0 radical (unpaired) electrons.